The highest BCUT2D eigenvalue weighted by Gasteiger charge is 1.90. The molecule has 11 heavy (non-hydrogen) atoms. The summed E-state index contributed by atoms with van der Waals surface area (Å²) in [6.07, 6.45) is 9.46. The molecule has 0 atom stereocenters. The Bertz CT molecular complexity index is 76.9. The summed E-state index contributed by atoms with van der Waals surface area (Å²) < 4.78 is 5.27. The Kier molecular flexibility index (Phi) is 11.7. The van der Waals surface area contributed by atoms with Crippen LogP contribution in [0, 0.1) is 0 Å². The molecule has 0 aliphatic carbocycles. The first kappa shape index (κ1) is 13.3. The first-order valence-corrected chi connectivity index (χ1v) is 3.73. The standard InChI is InChI=1S/C8H14O.2CH4/c1-2-4-6-8-9-7-5-3-1;;/h3,5H,1-2,4,6-8H2;2*1H4. The van der Waals surface area contributed by atoms with Crippen LogP contribution in [0.25, 0.3) is 0 Å². The van der Waals surface area contributed by atoms with Crippen LogP contribution in [0.3, 0.4) is 0 Å². The maximum Gasteiger partial charge on any atom is 0.0647 e. The molecule has 1 heterocycles. The molecule has 0 spiro atoms. The summed E-state index contributed by atoms with van der Waals surface area (Å²) in [5.41, 5.74) is 0. The van der Waals surface area contributed by atoms with E-state index >= 15 is 0 Å². The number of hydrogen-bond donors (Lipinski definition) is 0. The van der Waals surface area contributed by atoms with E-state index in [0.29, 0.717) is 0 Å². The normalized spacial score (nSPS) is 18.2. The van der Waals surface area contributed by atoms with Crippen LogP contribution in [0.4, 0.5) is 0 Å². The highest BCUT2D eigenvalue weighted by Crippen LogP contribution is 2.02. The molecule has 1 heteroatoms. The molecular formula is C10H22O. The summed E-state index contributed by atoms with van der Waals surface area (Å²) in [5.74, 6) is 0. The van der Waals surface area contributed by atoms with Crippen molar-refractivity contribution in [3.8, 4) is 0 Å². The SMILES string of the molecule is C.C.C1=CCOCCCCC1. The summed E-state index contributed by atoms with van der Waals surface area (Å²) in [5, 5.41) is 0. The Labute approximate surface area is 71.5 Å². The smallest absolute Gasteiger partial charge is 0.0647 e. The fourth-order valence-electron chi connectivity index (χ4n) is 0.980. The average Bonchev–Trinajstić information content (AvgIpc) is 2.00. The van der Waals surface area contributed by atoms with Crippen LogP contribution in [0.2, 0.25) is 0 Å². The zero-order valence-corrected chi connectivity index (χ0v) is 5.81. The van der Waals surface area contributed by atoms with Gasteiger partial charge in [-0.3, -0.25) is 0 Å². The molecule has 0 fully saturated rings. The zero-order valence-electron chi connectivity index (χ0n) is 5.81. The Morgan fingerprint density at radius 2 is 1.73 bits per heavy atom. The largest absolute Gasteiger partial charge is 0.377 e. The van der Waals surface area contributed by atoms with Crippen molar-refractivity contribution in [1.29, 1.82) is 0 Å². The number of hydrogen-bond acceptors (Lipinski definition) is 1. The molecule has 1 nitrogen and oxygen atoms in total. The molecule has 1 aliphatic heterocycles. The minimum absolute atomic E-state index is 0. The lowest BCUT2D eigenvalue weighted by molar-refractivity contribution is 0.158. The first-order chi connectivity index (χ1) is 4.50. The van der Waals surface area contributed by atoms with E-state index < -0.39 is 0 Å². The van der Waals surface area contributed by atoms with Gasteiger partial charge in [-0.1, -0.05) is 33.4 Å². The molecule has 0 saturated carbocycles. The van der Waals surface area contributed by atoms with Gasteiger partial charge in [0.1, 0.15) is 0 Å². The number of ether oxygens (including phenoxy) is 1. The second kappa shape index (κ2) is 9.70. The molecule has 0 unspecified atom stereocenters. The van der Waals surface area contributed by atoms with Crippen LogP contribution in [-0.2, 0) is 4.74 Å². The van der Waals surface area contributed by atoms with Crippen LogP contribution in [-0.4, -0.2) is 13.2 Å². The molecule has 0 amide bonds. The molecule has 0 aromatic carbocycles. The van der Waals surface area contributed by atoms with Gasteiger partial charge in [0.25, 0.3) is 0 Å². The summed E-state index contributed by atoms with van der Waals surface area (Å²) in [4.78, 5) is 0. The summed E-state index contributed by atoms with van der Waals surface area (Å²) in [6, 6.07) is 0. The van der Waals surface area contributed by atoms with E-state index in [1.54, 1.807) is 0 Å². The summed E-state index contributed by atoms with van der Waals surface area (Å²) in [6.45, 7) is 1.77. The van der Waals surface area contributed by atoms with E-state index in [1.807, 2.05) is 0 Å². The van der Waals surface area contributed by atoms with Crippen molar-refractivity contribution in [3.63, 3.8) is 0 Å². The van der Waals surface area contributed by atoms with E-state index in [9.17, 15) is 0 Å². The monoisotopic (exact) mass is 158 g/mol. The molecule has 1 aliphatic rings. The van der Waals surface area contributed by atoms with Crippen molar-refractivity contribution in [1.82, 2.24) is 0 Å². The lowest BCUT2D eigenvalue weighted by Crippen LogP contribution is -1.92. The van der Waals surface area contributed by atoms with Gasteiger partial charge in [-0.25, -0.2) is 0 Å². The Morgan fingerprint density at radius 3 is 2.55 bits per heavy atom. The van der Waals surface area contributed by atoms with Crippen molar-refractivity contribution in [3.05, 3.63) is 12.2 Å². The van der Waals surface area contributed by atoms with Crippen molar-refractivity contribution >= 4 is 0 Å². The van der Waals surface area contributed by atoms with Gasteiger partial charge in [0.15, 0.2) is 0 Å². The first-order valence-electron chi connectivity index (χ1n) is 3.73. The molecular weight excluding hydrogens is 136 g/mol. The molecule has 0 bridgehead atoms. The van der Waals surface area contributed by atoms with Crippen LogP contribution in [0.1, 0.15) is 40.5 Å². The average molecular weight is 158 g/mol. The Hall–Kier alpha value is -0.300. The third kappa shape index (κ3) is 7.60. The van der Waals surface area contributed by atoms with E-state index in [0.717, 1.165) is 13.2 Å². The van der Waals surface area contributed by atoms with E-state index in [2.05, 4.69) is 12.2 Å². The van der Waals surface area contributed by atoms with Crippen molar-refractivity contribution < 1.29 is 4.74 Å². The summed E-state index contributed by atoms with van der Waals surface area (Å²) in [7, 11) is 0. The van der Waals surface area contributed by atoms with Crippen LogP contribution in [0.15, 0.2) is 12.2 Å². The third-order valence-corrected chi connectivity index (χ3v) is 1.54. The van der Waals surface area contributed by atoms with Crippen LogP contribution < -0.4 is 0 Å². The Morgan fingerprint density at radius 1 is 0.909 bits per heavy atom. The quantitative estimate of drug-likeness (QED) is 0.491. The molecule has 0 N–H and O–H groups in total. The van der Waals surface area contributed by atoms with Gasteiger partial charge in [-0.2, -0.15) is 0 Å². The second-order valence-corrected chi connectivity index (χ2v) is 2.40. The van der Waals surface area contributed by atoms with Gasteiger partial charge in [-0.15, -0.1) is 0 Å². The fourth-order valence-corrected chi connectivity index (χ4v) is 0.980. The topological polar surface area (TPSA) is 9.23 Å². The van der Waals surface area contributed by atoms with Gasteiger partial charge in [-0.05, 0) is 19.3 Å². The van der Waals surface area contributed by atoms with Crippen molar-refractivity contribution in [2.45, 2.75) is 40.5 Å². The van der Waals surface area contributed by atoms with Gasteiger partial charge in [0, 0.05) is 6.61 Å². The van der Waals surface area contributed by atoms with E-state index in [4.69, 9.17) is 4.74 Å². The van der Waals surface area contributed by atoms with Crippen molar-refractivity contribution in [2.75, 3.05) is 13.2 Å². The van der Waals surface area contributed by atoms with Crippen LogP contribution in [0.5, 0.6) is 0 Å². The lowest BCUT2D eigenvalue weighted by Gasteiger charge is -1.96. The van der Waals surface area contributed by atoms with Crippen LogP contribution >= 0.6 is 0 Å². The molecule has 0 saturated heterocycles. The van der Waals surface area contributed by atoms with E-state index in [1.165, 1.54) is 25.7 Å². The van der Waals surface area contributed by atoms with Gasteiger partial charge in [0.05, 0.1) is 6.61 Å². The maximum absolute atomic E-state index is 5.27. The molecule has 68 valence electrons. The lowest BCUT2D eigenvalue weighted by atomic mass is 10.2. The zero-order chi connectivity index (χ0) is 6.36. The van der Waals surface area contributed by atoms with E-state index in [-0.39, 0.29) is 14.9 Å². The van der Waals surface area contributed by atoms with Crippen molar-refractivity contribution in [2.24, 2.45) is 0 Å². The minimum Gasteiger partial charge on any atom is -0.377 e. The van der Waals surface area contributed by atoms with Gasteiger partial charge >= 0.3 is 0 Å². The molecule has 0 radical (unpaired) electrons. The van der Waals surface area contributed by atoms with Gasteiger partial charge < -0.3 is 4.74 Å². The summed E-state index contributed by atoms with van der Waals surface area (Å²) >= 11 is 0. The molecule has 0 aromatic heterocycles. The minimum atomic E-state index is 0. The highest BCUT2D eigenvalue weighted by molar-refractivity contribution is 4.81. The number of allylic oxidation sites excluding steroid dienone is 1. The predicted molar refractivity (Wildman–Crippen MR) is 51.9 cm³/mol. The number of rotatable bonds is 0. The molecule has 0 aromatic rings. The predicted octanol–water partition coefficient (Wildman–Crippen LogP) is 3.41. The fraction of sp³-hybridized carbons (Fsp3) is 0.800. The second-order valence-electron chi connectivity index (χ2n) is 2.40. The maximum atomic E-state index is 5.27. The third-order valence-electron chi connectivity index (χ3n) is 1.54. The molecule has 1 rings (SSSR count). The van der Waals surface area contributed by atoms with Gasteiger partial charge in [0.2, 0.25) is 0 Å². The Balaban J connectivity index is 0. The highest BCUT2D eigenvalue weighted by atomic mass is 16.5.